The van der Waals surface area contributed by atoms with Crippen molar-refractivity contribution in [3.05, 3.63) is 29.8 Å². The molecule has 5 heteroatoms. The summed E-state index contributed by atoms with van der Waals surface area (Å²) in [5.74, 6) is -0.00189. The van der Waals surface area contributed by atoms with Crippen LogP contribution in [-0.2, 0) is 9.47 Å². The molecule has 3 rings (SSSR count). The largest absolute Gasteiger partial charge is 0.378 e. The van der Waals surface area contributed by atoms with Gasteiger partial charge in [0.2, 0.25) is 0 Å². The summed E-state index contributed by atoms with van der Waals surface area (Å²) in [6.07, 6.45) is 6.28. The highest BCUT2D eigenvalue weighted by molar-refractivity contribution is 5.99. The molecule has 1 heterocycles. The van der Waals surface area contributed by atoms with E-state index in [1.807, 2.05) is 24.3 Å². The number of carbonyl (C=O) groups is 1. The Morgan fingerprint density at radius 1 is 1.21 bits per heavy atom. The second-order valence-corrected chi connectivity index (χ2v) is 6.50. The molecule has 0 radical (unpaired) electrons. The van der Waals surface area contributed by atoms with Gasteiger partial charge in [0, 0.05) is 31.9 Å². The topological polar surface area (TPSA) is 50.8 Å². The lowest BCUT2D eigenvalue weighted by Crippen LogP contribution is -2.38. The van der Waals surface area contributed by atoms with Gasteiger partial charge in [-0.1, -0.05) is 25.0 Å². The van der Waals surface area contributed by atoms with Crippen LogP contribution in [0.1, 0.15) is 42.5 Å². The second kappa shape index (κ2) is 9.04. The van der Waals surface area contributed by atoms with E-state index >= 15 is 0 Å². The highest BCUT2D eigenvalue weighted by atomic mass is 16.5. The number of hydrogen-bond donors (Lipinski definition) is 1. The van der Waals surface area contributed by atoms with Gasteiger partial charge in [0.1, 0.15) is 0 Å². The molecule has 24 heavy (non-hydrogen) atoms. The molecule has 1 saturated carbocycles. The lowest BCUT2D eigenvalue weighted by molar-refractivity contribution is 0.0565. The van der Waals surface area contributed by atoms with Crippen LogP contribution in [0, 0.1) is 0 Å². The van der Waals surface area contributed by atoms with Gasteiger partial charge in [0.25, 0.3) is 5.91 Å². The number of benzene rings is 1. The molecule has 0 bridgehead atoms. The van der Waals surface area contributed by atoms with E-state index in [4.69, 9.17) is 9.47 Å². The van der Waals surface area contributed by atoms with Gasteiger partial charge < -0.3 is 19.7 Å². The third-order valence-corrected chi connectivity index (χ3v) is 4.76. The van der Waals surface area contributed by atoms with Gasteiger partial charge in [-0.15, -0.1) is 0 Å². The summed E-state index contributed by atoms with van der Waals surface area (Å²) in [5.41, 5.74) is 1.75. The standard InChI is InChI=1S/C19H28N2O3/c22-19(20-10-5-13-24-16-6-1-2-7-16)17-8-3-4-9-18(17)21-11-14-23-15-12-21/h3-4,8-9,16H,1-2,5-7,10-15H2,(H,20,22). The van der Waals surface area contributed by atoms with Gasteiger partial charge in [-0.05, 0) is 31.4 Å². The summed E-state index contributed by atoms with van der Waals surface area (Å²) in [4.78, 5) is 14.7. The number of nitrogens with one attached hydrogen (secondary N) is 1. The fraction of sp³-hybridized carbons (Fsp3) is 0.632. The number of para-hydroxylation sites is 1. The third kappa shape index (κ3) is 4.71. The summed E-state index contributed by atoms with van der Waals surface area (Å²) >= 11 is 0. The van der Waals surface area contributed by atoms with Gasteiger partial charge in [0.15, 0.2) is 0 Å². The third-order valence-electron chi connectivity index (χ3n) is 4.76. The number of ether oxygens (including phenoxy) is 2. The smallest absolute Gasteiger partial charge is 0.253 e. The van der Waals surface area contributed by atoms with Crippen molar-refractivity contribution in [2.45, 2.75) is 38.2 Å². The first-order chi connectivity index (χ1) is 11.8. The Bertz CT molecular complexity index is 523. The van der Waals surface area contributed by atoms with E-state index in [1.165, 1.54) is 25.7 Å². The van der Waals surface area contributed by atoms with Gasteiger partial charge in [-0.3, -0.25) is 4.79 Å². The molecule has 2 aliphatic rings. The molecule has 0 atom stereocenters. The number of hydrogen-bond acceptors (Lipinski definition) is 4. The summed E-state index contributed by atoms with van der Waals surface area (Å²) in [7, 11) is 0. The molecule has 5 nitrogen and oxygen atoms in total. The van der Waals surface area contributed by atoms with Crippen LogP contribution in [0.15, 0.2) is 24.3 Å². The summed E-state index contributed by atoms with van der Waals surface area (Å²) in [5, 5.41) is 3.03. The van der Waals surface area contributed by atoms with E-state index in [1.54, 1.807) is 0 Å². The molecular formula is C19H28N2O3. The van der Waals surface area contributed by atoms with Crippen molar-refractivity contribution in [1.29, 1.82) is 0 Å². The van der Waals surface area contributed by atoms with Crippen LogP contribution in [0.25, 0.3) is 0 Å². The van der Waals surface area contributed by atoms with Crippen LogP contribution in [0.2, 0.25) is 0 Å². The monoisotopic (exact) mass is 332 g/mol. The van der Waals surface area contributed by atoms with Crippen molar-refractivity contribution >= 4 is 11.6 Å². The number of amides is 1. The average molecular weight is 332 g/mol. The number of morpholine rings is 1. The van der Waals surface area contributed by atoms with Gasteiger partial charge >= 0.3 is 0 Å². The lowest BCUT2D eigenvalue weighted by atomic mass is 10.1. The van der Waals surface area contributed by atoms with Gasteiger partial charge in [0.05, 0.1) is 24.9 Å². The Balaban J connectivity index is 1.45. The first-order valence-electron chi connectivity index (χ1n) is 9.16. The zero-order valence-corrected chi connectivity index (χ0v) is 14.3. The number of anilines is 1. The molecule has 1 N–H and O–H groups in total. The van der Waals surface area contributed by atoms with E-state index in [0.29, 0.717) is 25.9 Å². The molecule has 2 fully saturated rings. The molecule has 0 aromatic heterocycles. The molecule has 1 aliphatic heterocycles. The van der Waals surface area contributed by atoms with Crippen molar-refractivity contribution in [2.75, 3.05) is 44.4 Å². The van der Waals surface area contributed by atoms with Crippen LogP contribution in [0.3, 0.4) is 0 Å². The first kappa shape index (κ1) is 17.2. The minimum atomic E-state index is -0.00189. The van der Waals surface area contributed by atoms with Crippen molar-refractivity contribution in [1.82, 2.24) is 5.32 Å². The van der Waals surface area contributed by atoms with Crippen molar-refractivity contribution in [3.63, 3.8) is 0 Å². The number of carbonyl (C=O) groups excluding carboxylic acids is 1. The summed E-state index contributed by atoms with van der Waals surface area (Å²) in [6, 6.07) is 7.82. The fourth-order valence-corrected chi connectivity index (χ4v) is 3.42. The summed E-state index contributed by atoms with van der Waals surface area (Å²) in [6.45, 7) is 4.49. The minimum Gasteiger partial charge on any atom is -0.378 e. The van der Waals surface area contributed by atoms with E-state index in [9.17, 15) is 4.79 Å². The molecule has 1 saturated heterocycles. The van der Waals surface area contributed by atoms with Gasteiger partial charge in [-0.25, -0.2) is 0 Å². The van der Waals surface area contributed by atoms with Crippen molar-refractivity contribution in [3.8, 4) is 0 Å². The van der Waals surface area contributed by atoms with Crippen LogP contribution in [0.4, 0.5) is 5.69 Å². The number of nitrogens with zero attached hydrogens (tertiary/aromatic N) is 1. The predicted octanol–water partition coefficient (Wildman–Crippen LogP) is 2.60. The van der Waals surface area contributed by atoms with Crippen molar-refractivity contribution < 1.29 is 14.3 Å². The van der Waals surface area contributed by atoms with Crippen LogP contribution < -0.4 is 10.2 Å². The van der Waals surface area contributed by atoms with Crippen LogP contribution in [0.5, 0.6) is 0 Å². The normalized spacial score (nSPS) is 18.8. The zero-order chi connectivity index (χ0) is 16.6. The van der Waals surface area contributed by atoms with E-state index < -0.39 is 0 Å². The van der Waals surface area contributed by atoms with Crippen LogP contribution in [-0.4, -0.2) is 51.5 Å². The first-order valence-corrected chi connectivity index (χ1v) is 9.16. The Morgan fingerprint density at radius 3 is 2.75 bits per heavy atom. The molecule has 1 aromatic rings. The maximum Gasteiger partial charge on any atom is 0.253 e. The Hall–Kier alpha value is -1.59. The number of rotatable bonds is 7. The lowest BCUT2D eigenvalue weighted by Gasteiger charge is -2.30. The Kier molecular flexibility index (Phi) is 6.49. The fourth-order valence-electron chi connectivity index (χ4n) is 3.42. The maximum absolute atomic E-state index is 12.5. The molecule has 1 aromatic carbocycles. The molecule has 0 spiro atoms. The quantitative estimate of drug-likeness (QED) is 0.780. The van der Waals surface area contributed by atoms with Crippen molar-refractivity contribution in [2.24, 2.45) is 0 Å². The average Bonchev–Trinajstić information content (AvgIpc) is 3.15. The van der Waals surface area contributed by atoms with Gasteiger partial charge in [-0.2, -0.15) is 0 Å². The highest BCUT2D eigenvalue weighted by Crippen LogP contribution is 2.22. The minimum absolute atomic E-state index is 0.00189. The van der Waals surface area contributed by atoms with E-state index in [0.717, 1.165) is 37.4 Å². The molecule has 1 aliphatic carbocycles. The maximum atomic E-state index is 12.5. The highest BCUT2D eigenvalue weighted by Gasteiger charge is 2.18. The molecule has 132 valence electrons. The SMILES string of the molecule is O=C(NCCCOC1CCCC1)c1ccccc1N1CCOCC1. The Morgan fingerprint density at radius 2 is 1.96 bits per heavy atom. The predicted molar refractivity (Wildman–Crippen MR) is 94.6 cm³/mol. The molecule has 1 amide bonds. The second-order valence-electron chi connectivity index (χ2n) is 6.50. The Labute approximate surface area is 144 Å². The summed E-state index contributed by atoms with van der Waals surface area (Å²) < 4.78 is 11.2. The zero-order valence-electron chi connectivity index (χ0n) is 14.3. The van der Waals surface area contributed by atoms with Crippen LogP contribution >= 0.6 is 0 Å². The van der Waals surface area contributed by atoms with E-state index in [2.05, 4.69) is 10.2 Å². The van der Waals surface area contributed by atoms with E-state index in [-0.39, 0.29) is 5.91 Å². The molecular weight excluding hydrogens is 304 g/mol. The molecule has 0 unspecified atom stereocenters.